The fraction of sp³-hybridized carbons (Fsp3) is 0. The van der Waals surface area contributed by atoms with Crippen molar-refractivity contribution in [2.75, 3.05) is 10.5 Å². The summed E-state index contributed by atoms with van der Waals surface area (Å²) in [5.41, 5.74) is 7.48. The van der Waals surface area contributed by atoms with Gasteiger partial charge in [0, 0.05) is 23.5 Å². The zero-order valence-corrected chi connectivity index (χ0v) is 12.9. The number of nitrogen functional groups attached to an aromatic ring is 1. The van der Waals surface area contributed by atoms with Crippen LogP contribution in [0.2, 0.25) is 0 Å². The van der Waals surface area contributed by atoms with Crippen LogP contribution in [0, 0.1) is 0 Å². The maximum Gasteiger partial charge on any atom is 0.261 e. The molecule has 116 valence electrons. The van der Waals surface area contributed by atoms with Crippen molar-refractivity contribution in [3.63, 3.8) is 0 Å². The van der Waals surface area contributed by atoms with Gasteiger partial charge < -0.3 is 5.73 Å². The monoisotopic (exact) mass is 326 g/mol. The number of hydrogen-bond donors (Lipinski definition) is 2. The molecule has 0 radical (unpaired) electrons. The highest BCUT2D eigenvalue weighted by Crippen LogP contribution is 2.23. The van der Waals surface area contributed by atoms with E-state index in [0.29, 0.717) is 11.5 Å². The molecule has 0 fully saturated rings. The highest BCUT2D eigenvalue weighted by atomic mass is 32.2. The Hall–Kier alpha value is -2.93. The molecule has 3 rings (SSSR count). The van der Waals surface area contributed by atoms with E-state index in [-0.39, 0.29) is 4.90 Å². The fourth-order valence-corrected chi connectivity index (χ4v) is 3.10. The quantitative estimate of drug-likeness (QED) is 0.767. The third kappa shape index (κ3) is 3.46. The average molecular weight is 326 g/mol. The summed E-state index contributed by atoms with van der Waals surface area (Å²) in [5, 5.41) is 0. The van der Waals surface area contributed by atoms with E-state index < -0.39 is 10.0 Å². The van der Waals surface area contributed by atoms with Crippen molar-refractivity contribution in [2.45, 2.75) is 4.90 Å². The van der Waals surface area contributed by atoms with Crippen LogP contribution < -0.4 is 10.5 Å². The first-order chi connectivity index (χ1) is 11.0. The molecule has 0 spiro atoms. The Morgan fingerprint density at radius 3 is 2.39 bits per heavy atom. The summed E-state index contributed by atoms with van der Waals surface area (Å²) in [4.78, 5) is 8.29. The first-order valence-corrected chi connectivity index (χ1v) is 8.28. The van der Waals surface area contributed by atoms with E-state index in [9.17, 15) is 8.42 Å². The molecule has 0 aliphatic carbocycles. The fourth-order valence-electron chi connectivity index (χ4n) is 2.04. The number of hydrogen-bond acceptors (Lipinski definition) is 5. The largest absolute Gasteiger partial charge is 0.384 e. The number of rotatable bonds is 4. The van der Waals surface area contributed by atoms with Crippen LogP contribution >= 0.6 is 0 Å². The predicted molar refractivity (Wildman–Crippen MR) is 89.1 cm³/mol. The second kappa shape index (κ2) is 6.05. The van der Waals surface area contributed by atoms with Gasteiger partial charge in [-0.15, -0.1) is 0 Å². The Morgan fingerprint density at radius 1 is 0.913 bits per heavy atom. The summed E-state index contributed by atoms with van der Waals surface area (Å²) in [6.07, 6.45) is 4.70. The van der Waals surface area contributed by atoms with Gasteiger partial charge in [0.15, 0.2) is 0 Å². The Balaban J connectivity index is 1.90. The number of nitrogens with two attached hydrogens (primary N) is 1. The van der Waals surface area contributed by atoms with E-state index in [1.807, 2.05) is 0 Å². The van der Waals surface area contributed by atoms with Crippen molar-refractivity contribution in [1.29, 1.82) is 0 Å². The average Bonchev–Trinajstić information content (AvgIpc) is 2.56. The molecule has 2 heterocycles. The molecule has 2 aromatic heterocycles. The van der Waals surface area contributed by atoms with Gasteiger partial charge in [-0.2, -0.15) is 0 Å². The van der Waals surface area contributed by atoms with E-state index in [0.717, 1.165) is 11.1 Å². The lowest BCUT2D eigenvalue weighted by molar-refractivity contribution is 0.601. The molecule has 0 bridgehead atoms. The van der Waals surface area contributed by atoms with Crippen molar-refractivity contribution >= 4 is 21.5 Å². The molecule has 0 saturated heterocycles. The Morgan fingerprint density at radius 2 is 1.70 bits per heavy atom. The summed E-state index contributed by atoms with van der Waals surface area (Å²) >= 11 is 0. The highest BCUT2D eigenvalue weighted by Gasteiger charge is 2.14. The van der Waals surface area contributed by atoms with E-state index in [1.54, 1.807) is 48.8 Å². The number of aromatic nitrogens is 2. The van der Waals surface area contributed by atoms with Crippen LogP contribution in [0.1, 0.15) is 0 Å². The molecule has 6 nitrogen and oxygen atoms in total. The molecule has 1 aromatic carbocycles. The van der Waals surface area contributed by atoms with Crippen LogP contribution in [0.3, 0.4) is 0 Å². The predicted octanol–water partition coefficient (Wildman–Crippen LogP) is 2.53. The van der Waals surface area contributed by atoms with E-state index in [2.05, 4.69) is 14.7 Å². The number of benzene rings is 1. The van der Waals surface area contributed by atoms with Crippen LogP contribution in [0.5, 0.6) is 0 Å². The first-order valence-electron chi connectivity index (χ1n) is 6.79. The molecule has 0 atom stereocenters. The third-order valence-corrected chi connectivity index (χ3v) is 4.56. The van der Waals surface area contributed by atoms with Gasteiger partial charge in [-0.25, -0.2) is 13.4 Å². The van der Waals surface area contributed by atoms with E-state index >= 15 is 0 Å². The summed E-state index contributed by atoms with van der Waals surface area (Å²) in [6.45, 7) is 0. The standard InChI is InChI=1S/C16H14N4O2S/c17-16-7-6-12(10-19-16)13-8-14(11-18-9-13)20-23(21,22)15-4-2-1-3-5-15/h1-11,20H,(H2,17,19). The number of pyridine rings is 2. The second-order valence-electron chi connectivity index (χ2n) is 4.85. The first kappa shape index (κ1) is 15.0. The van der Waals surface area contributed by atoms with Crippen molar-refractivity contribution in [3.8, 4) is 11.1 Å². The van der Waals surface area contributed by atoms with Crippen LogP contribution in [0.4, 0.5) is 11.5 Å². The van der Waals surface area contributed by atoms with E-state index in [4.69, 9.17) is 5.73 Å². The molecule has 0 unspecified atom stereocenters. The lowest BCUT2D eigenvalue weighted by Crippen LogP contribution is -2.12. The van der Waals surface area contributed by atoms with Crippen molar-refractivity contribution < 1.29 is 8.42 Å². The van der Waals surface area contributed by atoms with Gasteiger partial charge in [-0.05, 0) is 30.3 Å². The summed E-state index contributed by atoms with van der Waals surface area (Å²) in [6, 6.07) is 13.3. The molecule has 3 aromatic rings. The van der Waals surface area contributed by atoms with Gasteiger partial charge in [-0.1, -0.05) is 18.2 Å². The lowest BCUT2D eigenvalue weighted by atomic mass is 10.1. The number of sulfonamides is 1. The molecule has 0 saturated carbocycles. The lowest BCUT2D eigenvalue weighted by Gasteiger charge is -2.09. The van der Waals surface area contributed by atoms with Crippen LogP contribution in [0.15, 0.2) is 72.0 Å². The number of nitrogens with one attached hydrogen (secondary N) is 1. The van der Waals surface area contributed by atoms with Crippen molar-refractivity contribution in [1.82, 2.24) is 9.97 Å². The van der Waals surface area contributed by atoms with Crippen molar-refractivity contribution in [2.24, 2.45) is 0 Å². The minimum atomic E-state index is -3.64. The number of nitrogens with zero attached hydrogens (tertiary/aromatic N) is 2. The van der Waals surface area contributed by atoms with Gasteiger partial charge in [0.2, 0.25) is 0 Å². The highest BCUT2D eigenvalue weighted by molar-refractivity contribution is 7.92. The van der Waals surface area contributed by atoms with Gasteiger partial charge in [0.25, 0.3) is 10.0 Å². The normalized spacial score (nSPS) is 11.1. The van der Waals surface area contributed by atoms with Gasteiger partial charge >= 0.3 is 0 Å². The minimum Gasteiger partial charge on any atom is -0.384 e. The third-order valence-electron chi connectivity index (χ3n) is 3.16. The molecule has 3 N–H and O–H groups in total. The zero-order valence-electron chi connectivity index (χ0n) is 12.0. The maximum absolute atomic E-state index is 12.3. The van der Waals surface area contributed by atoms with Crippen LogP contribution in [0.25, 0.3) is 11.1 Å². The van der Waals surface area contributed by atoms with Crippen LogP contribution in [-0.2, 0) is 10.0 Å². The van der Waals surface area contributed by atoms with Crippen molar-refractivity contribution in [3.05, 3.63) is 67.1 Å². The molecule has 7 heteroatoms. The minimum absolute atomic E-state index is 0.194. The zero-order chi connectivity index (χ0) is 16.3. The molecular weight excluding hydrogens is 312 g/mol. The Labute approximate surface area is 134 Å². The van der Waals surface area contributed by atoms with Crippen LogP contribution in [-0.4, -0.2) is 18.4 Å². The summed E-state index contributed by atoms with van der Waals surface area (Å²) in [7, 11) is -3.64. The van der Waals surface area contributed by atoms with E-state index in [1.165, 1.54) is 18.3 Å². The van der Waals surface area contributed by atoms with Gasteiger partial charge in [-0.3, -0.25) is 9.71 Å². The molecular formula is C16H14N4O2S. The molecule has 0 aliphatic rings. The van der Waals surface area contributed by atoms with Gasteiger partial charge in [0.1, 0.15) is 5.82 Å². The Kier molecular flexibility index (Phi) is 3.94. The second-order valence-corrected chi connectivity index (χ2v) is 6.53. The number of anilines is 2. The maximum atomic E-state index is 12.3. The smallest absolute Gasteiger partial charge is 0.261 e. The van der Waals surface area contributed by atoms with Gasteiger partial charge in [0.05, 0.1) is 16.8 Å². The Bertz CT molecular complexity index is 910. The SMILES string of the molecule is Nc1ccc(-c2cncc(NS(=O)(=O)c3ccccc3)c2)cn1. The molecule has 0 aliphatic heterocycles. The molecule has 23 heavy (non-hydrogen) atoms. The topological polar surface area (TPSA) is 98.0 Å². The summed E-state index contributed by atoms with van der Waals surface area (Å²) < 4.78 is 27.2. The molecule has 0 amide bonds. The summed E-state index contributed by atoms with van der Waals surface area (Å²) in [5.74, 6) is 0.419.